The summed E-state index contributed by atoms with van der Waals surface area (Å²) in [6.45, 7) is 14.2. The zero-order valence-electron chi connectivity index (χ0n) is 61.6. The molecule has 3 N–H and O–H groups in total. The van der Waals surface area contributed by atoms with Gasteiger partial charge in [0.05, 0.1) is 26.4 Å². The monoisotopic (exact) mass is 1380 g/mol. The van der Waals surface area contributed by atoms with Crippen molar-refractivity contribution in [3.05, 3.63) is 0 Å². The van der Waals surface area contributed by atoms with Gasteiger partial charge in [-0.2, -0.15) is 0 Å². The van der Waals surface area contributed by atoms with Gasteiger partial charge >= 0.3 is 39.5 Å². The quantitative estimate of drug-likeness (QED) is 0.0222. The minimum Gasteiger partial charge on any atom is -0.462 e. The number of aliphatic hydroxyl groups is 1. The third-order valence-electron chi connectivity index (χ3n) is 17.7. The lowest BCUT2D eigenvalue weighted by Crippen LogP contribution is -2.30. The minimum absolute atomic E-state index is 0.105. The molecule has 0 aliphatic carbocycles. The average molecular weight is 1380 g/mol. The first kappa shape index (κ1) is 92.1. The Hall–Kier alpha value is -1.94. The number of unbranched alkanes of at least 4 members (excludes halogenated alkanes) is 37. The summed E-state index contributed by atoms with van der Waals surface area (Å²) in [6, 6.07) is 0. The maximum Gasteiger partial charge on any atom is 0.472 e. The highest BCUT2D eigenvalue weighted by molar-refractivity contribution is 7.47. The molecule has 0 amide bonds. The van der Waals surface area contributed by atoms with E-state index in [1.807, 2.05) is 0 Å². The Labute approximate surface area is 575 Å². The van der Waals surface area contributed by atoms with Gasteiger partial charge in [0.15, 0.2) is 12.2 Å². The van der Waals surface area contributed by atoms with Gasteiger partial charge in [-0.25, -0.2) is 9.13 Å². The van der Waals surface area contributed by atoms with Crippen LogP contribution in [0.25, 0.3) is 0 Å². The van der Waals surface area contributed by atoms with Crippen LogP contribution in [0.4, 0.5) is 0 Å². The normalized spacial score (nSPS) is 14.4. The Morgan fingerprint density at radius 2 is 0.511 bits per heavy atom. The van der Waals surface area contributed by atoms with Crippen LogP contribution in [0.2, 0.25) is 0 Å². The van der Waals surface area contributed by atoms with E-state index in [1.54, 1.807) is 0 Å². The van der Waals surface area contributed by atoms with Crippen LogP contribution in [0.15, 0.2) is 0 Å². The molecule has 558 valence electrons. The molecule has 19 heteroatoms. The van der Waals surface area contributed by atoms with E-state index in [4.69, 9.17) is 37.0 Å². The molecule has 0 saturated carbocycles. The van der Waals surface area contributed by atoms with E-state index in [9.17, 15) is 43.2 Å². The number of ether oxygens (including phenoxy) is 4. The van der Waals surface area contributed by atoms with Gasteiger partial charge in [0.25, 0.3) is 0 Å². The molecule has 0 aliphatic heterocycles. The standard InChI is InChI=1S/C75H146O17P2/c1-9-68(8)54-46-38-30-24-26-34-42-50-58-75(80)92-71(61-85-72(77)55-47-39-31-21-16-14-12-10-11-13-15-19-27-35-43-51-65(2)3)64-90-94(83,84)88-60-69(76)59-87-93(81,82)89-63-70(62-86-73(78)56-48-40-32-25-23-29-37-45-53-67(6)7)91-74(79)57-49-41-33-22-18-17-20-28-36-44-52-66(4)5/h65-71,76H,9-64H2,1-8H3,(H,81,82)(H,83,84)/t68?,69?,70-,71-/m1/s1. The number of hydrogen-bond acceptors (Lipinski definition) is 15. The smallest absolute Gasteiger partial charge is 0.462 e. The third kappa shape index (κ3) is 67.3. The summed E-state index contributed by atoms with van der Waals surface area (Å²) in [4.78, 5) is 72.8. The van der Waals surface area contributed by atoms with E-state index < -0.39 is 97.5 Å². The number of rotatable bonds is 72. The number of aliphatic hydroxyl groups excluding tert-OH is 1. The van der Waals surface area contributed by atoms with Crippen LogP contribution in [-0.2, 0) is 65.4 Å². The first-order chi connectivity index (χ1) is 45.1. The molecule has 0 spiro atoms. The van der Waals surface area contributed by atoms with Crippen molar-refractivity contribution < 1.29 is 80.2 Å². The highest BCUT2D eigenvalue weighted by Gasteiger charge is 2.30. The predicted molar refractivity (Wildman–Crippen MR) is 381 cm³/mol. The Kier molecular flexibility index (Phi) is 63.1. The van der Waals surface area contributed by atoms with Crippen molar-refractivity contribution in [1.82, 2.24) is 0 Å². The van der Waals surface area contributed by atoms with E-state index in [0.717, 1.165) is 114 Å². The second-order valence-corrected chi connectivity index (χ2v) is 31.6. The first-order valence-corrected chi connectivity index (χ1v) is 41.7. The second kappa shape index (κ2) is 64.4. The van der Waals surface area contributed by atoms with E-state index in [-0.39, 0.29) is 25.7 Å². The average Bonchev–Trinajstić information content (AvgIpc) is 1.87. The van der Waals surface area contributed by atoms with Gasteiger partial charge < -0.3 is 33.8 Å². The lowest BCUT2D eigenvalue weighted by Gasteiger charge is -2.21. The molecule has 0 fully saturated rings. The fourth-order valence-corrected chi connectivity index (χ4v) is 12.9. The second-order valence-electron chi connectivity index (χ2n) is 28.7. The van der Waals surface area contributed by atoms with Gasteiger partial charge in [0.2, 0.25) is 0 Å². The summed E-state index contributed by atoms with van der Waals surface area (Å²) < 4.78 is 68.5. The highest BCUT2D eigenvalue weighted by Crippen LogP contribution is 2.45. The number of phosphoric ester groups is 2. The van der Waals surface area contributed by atoms with Crippen LogP contribution in [0.3, 0.4) is 0 Å². The van der Waals surface area contributed by atoms with Gasteiger partial charge in [0.1, 0.15) is 19.3 Å². The molecular formula is C75H146O17P2. The fourth-order valence-electron chi connectivity index (χ4n) is 11.3. The molecule has 0 heterocycles. The molecular weight excluding hydrogens is 1230 g/mol. The van der Waals surface area contributed by atoms with Crippen molar-refractivity contribution in [3.8, 4) is 0 Å². The summed E-state index contributed by atoms with van der Waals surface area (Å²) in [6.07, 6.45) is 48.6. The summed E-state index contributed by atoms with van der Waals surface area (Å²) in [5.41, 5.74) is 0. The van der Waals surface area contributed by atoms with Gasteiger partial charge in [-0.05, 0) is 49.4 Å². The Bertz CT molecular complexity index is 1850. The molecule has 0 rings (SSSR count). The summed E-state index contributed by atoms with van der Waals surface area (Å²) in [7, 11) is -9.91. The van der Waals surface area contributed by atoms with Gasteiger partial charge in [-0.3, -0.25) is 37.3 Å². The SMILES string of the molecule is CCC(C)CCCCCCCCCCC(=O)O[C@H](COC(=O)CCCCCCCCCCCCCCCCCC(C)C)COP(=O)(O)OCC(O)COP(=O)(O)OC[C@@H](COC(=O)CCCCCCCCCCC(C)C)OC(=O)CCCCCCCCCCCCC(C)C. The van der Waals surface area contributed by atoms with Gasteiger partial charge in [0, 0.05) is 25.7 Å². The number of esters is 4. The molecule has 6 atom stereocenters. The van der Waals surface area contributed by atoms with Crippen molar-refractivity contribution in [3.63, 3.8) is 0 Å². The molecule has 0 saturated heterocycles. The van der Waals surface area contributed by atoms with Crippen molar-refractivity contribution in [2.24, 2.45) is 23.7 Å². The van der Waals surface area contributed by atoms with Gasteiger partial charge in [-0.1, -0.05) is 325 Å². The largest absolute Gasteiger partial charge is 0.472 e. The van der Waals surface area contributed by atoms with Gasteiger partial charge in [-0.15, -0.1) is 0 Å². The Morgan fingerprint density at radius 1 is 0.298 bits per heavy atom. The molecule has 0 radical (unpaired) electrons. The van der Waals surface area contributed by atoms with E-state index in [2.05, 4.69) is 55.4 Å². The number of hydrogen-bond donors (Lipinski definition) is 3. The maximum atomic E-state index is 13.1. The molecule has 17 nitrogen and oxygen atoms in total. The van der Waals surface area contributed by atoms with Crippen LogP contribution in [0, 0.1) is 23.7 Å². The molecule has 0 aromatic carbocycles. The molecule has 4 unspecified atom stereocenters. The van der Waals surface area contributed by atoms with Crippen LogP contribution in [0.5, 0.6) is 0 Å². The van der Waals surface area contributed by atoms with E-state index in [1.165, 1.54) is 180 Å². The van der Waals surface area contributed by atoms with Crippen LogP contribution in [0.1, 0.15) is 376 Å². The number of carbonyl (C=O) groups is 4. The Balaban J connectivity index is 5.23. The van der Waals surface area contributed by atoms with Crippen LogP contribution < -0.4 is 0 Å². The van der Waals surface area contributed by atoms with E-state index in [0.29, 0.717) is 25.7 Å². The summed E-state index contributed by atoms with van der Waals surface area (Å²) in [5, 5.41) is 10.6. The zero-order chi connectivity index (χ0) is 69.6. The molecule has 0 aliphatic rings. The molecule has 94 heavy (non-hydrogen) atoms. The molecule has 0 aromatic heterocycles. The van der Waals surface area contributed by atoms with Crippen molar-refractivity contribution >= 4 is 39.5 Å². The van der Waals surface area contributed by atoms with Crippen LogP contribution >= 0.6 is 15.6 Å². The van der Waals surface area contributed by atoms with Crippen molar-refractivity contribution in [2.45, 2.75) is 395 Å². The van der Waals surface area contributed by atoms with Crippen LogP contribution in [-0.4, -0.2) is 96.7 Å². The fraction of sp³-hybridized carbons (Fsp3) is 0.947. The minimum atomic E-state index is -4.96. The highest BCUT2D eigenvalue weighted by atomic mass is 31.2. The molecule has 0 aromatic rings. The van der Waals surface area contributed by atoms with Crippen molar-refractivity contribution in [1.29, 1.82) is 0 Å². The maximum absolute atomic E-state index is 13.1. The lowest BCUT2D eigenvalue weighted by atomic mass is 9.99. The topological polar surface area (TPSA) is 237 Å². The lowest BCUT2D eigenvalue weighted by molar-refractivity contribution is -0.161. The Morgan fingerprint density at radius 3 is 0.755 bits per heavy atom. The zero-order valence-corrected chi connectivity index (χ0v) is 63.4. The third-order valence-corrected chi connectivity index (χ3v) is 19.6. The molecule has 0 bridgehead atoms. The first-order valence-electron chi connectivity index (χ1n) is 38.7. The predicted octanol–water partition coefficient (Wildman–Crippen LogP) is 21.7. The number of phosphoric acid groups is 2. The van der Waals surface area contributed by atoms with Crippen molar-refractivity contribution in [2.75, 3.05) is 39.6 Å². The number of carbonyl (C=O) groups excluding carboxylic acids is 4. The summed E-state index contributed by atoms with van der Waals surface area (Å²) in [5.74, 6) is 0.930. The van der Waals surface area contributed by atoms with E-state index >= 15 is 0 Å². The summed E-state index contributed by atoms with van der Waals surface area (Å²) >= 11 is 0.